The van der Waals surface area contributed by atoms with Gasteiger partial charge in [0, 0.05) is 30.6 Å². The monoisotopic (exact) mass is 375 g/mol. The van der Waals surface area contributed by atoms with Crippen molar-refractivity contribution in [1.29, 1.82) is 0 Å². The summed E-state index contributed by atoms with van der Waals surface area (Å²) < 4.78 is 19.1. The van der Waals surface area contributed by atoms with Crippen LogP contribution in [0.1, 0.15) is 51.8 Å². The molecule has 0 aliphatic heterocycles. The Morgan fingerprint density at radius 2 is 2.15 bits per heavy atom. The number of nitrogens with one attached hydrogen (secondary N) is 1. The summed E-state index contributed by atoms with van der Waals surface area (Å²) in [5, 5.41) is 3.58. The van der Waals surface area contributed by atoms with Crippen molar-refractivity contribution >= 4 is 0 Å². The quantitative estimate of drug-likeness (QED) is 0.578. The van der Waals surface area contributed by atoms with E-state index in [1.54, 1.807) is 6.07 Å². The Morgan fingerprint density at radius 1 is 1.44 bits per heavy atom. The molecule has 1 aromatic rings. The zero-order chi connectivity index (χ0) is 20.0. The van der Waals surface area contributed by atoms with Gasteiger partial charge in [-0.3, -0.25) is 4.98 Å². The van der Waals surface area contributed by atoms with E-state index in [2.05, 4.69) is 55.8 Å². The van der Waals surface area contributed by atoms with Crippen molar-refractivity contribution in [2.75, 3.05) is 33.8 Å². The van der Waals surface area contributed by atoms with Crippen LogP contribution in [0.5, 0.6) is 5.75 Å². The molecule has 0 unspecified atom stereocenters. The summed E-state index contributed by atoms with van der Waals surface area (Å²) in [6, 6.07) is 1.71. The van der Waals surface area contributed by atoms with Gasteiger partial charge in [0.25, 0.3) is 0 Å². The van der Waals surface area contributed by atoms with Crippen LogP contribution in [0.25, 0.3) is 0 Å². The van der Waals surface area contributed by atoms with Gasteiger partial charge in [0.2, 0.25) is 0 Å². The van der Waals surface area contributed by atoms with E-state index >= 15 is 0 Å². The molecule has 1 aliphatic rings. The van der Waals surface area contributed by atoms with Crippen molar-refractivity contribution in [2.45, 2.75) is 46.1 Å². The molecule has 5 heteroatoms. The van der Waals surface area contributed by atoms with Gasteiger partial charge in [-0.15, -0.1) is 0 Å². The van der Waals surface area contributed by atoms with E-state index in [4.69, 9.17) is 4.74 Å². The lowest BCUT2D eigenvalue weighted by atomic mass is 9.89. The van der Waals surface area contributed by atoms with E-state index in [0.29, 0.717) is 6.61 Å². The molecule has 0 saturated heterocycles. The lowest BCUT2D eigenvalue weighted by Crippen LogP contribution is -2.30. The van der Waals surface area contributed by atoms with Gasteiger partial charge >= 0.3 is 0 Å². The molecule has 27 heavy (non-hydrogen) atoms. The van der Waals surface area contributed by atoms with Crippen LogP contribution in [0.15, 0.2) is 36.1 Å². The number of hydrogen-bond acceptors (Lipinski definition) is 4. The van der Waals surface area contributed by atoms with Crippen LogP contribution in [-0.2, 0) is 0 Å². The fraction of sp³-hybridized carbons (Fsp3) is 0.591. The molecule has 0 radical (unpaired) electrons. The predicted molar refractivity (Wildman–Crippen MR) is 110 cm³/mol. The number of rotatable bonds is 11. The van der Waals surface area contributed by atoms with Gasteiger partial charge in [0.05, 0.1) is 18.5 Å². The third-order valence-corrected chi connectivity index (χ3v) is 5.15. The Morgan fingerprint density at radius 3 is 2.70 bits per heavy atom. The predicted octanol–water partition coefficient (Wildman–Crippen LogP) is 4.50. The number of halogens is 1. The topological polar surface area (TPSA) is 37.4 Å². The SMILES string of the molecule is C=C(/C(=C\CC)CN(C)C)C1(CN[C@H](C)c2cc(OCC)c(F)cn2)CC1. The second-order valence-corrected chi connectivity index (χ2v) is 7.71. The Kier molecular flexibility index (Phi) is 7.57. The van der Waals surface area contributed by atoms with Crippen molar-refractivity contribution in [2.24, 2.45) is 5.41 Å². The van der Waals surface area contributed by atoms with Crippen molar-refractivity contribution in [3.63, 3.8) is 0 Å². The number of hydrogen-bond donors (Lipinski definition) is 1. The zero-order valence-corrected chi connectivity index (χ0v) is 17.4. The fourth-order valence-corrected chi connectivity index (χ4v) is 3.34. The van der Waals surface area contributed by atoms with Crippen LogP contribution in [0.4, 0.5) is 4.39 Å². The number of ether oxygens (including phenoxy) is 1. The van der Waals surface area contributed by atoms with Crippen LogP contribution >= 0.6 is 0 Å². The third kappa shape index (κ3) is 5.63. The highest BCUT2D eigenvalue weighted by molar-refractivity contribution is 5.39. The number of allylic oxidation sites excluding steroid dienone is 1. The maximum atomic E-state index is 13.7. The minimum atomic E-state index is -0.419. The zero-order valence-electron chi connectivity index (χ0n) is 17.4. The molecule has 1 atom stereocenters. The highest BCUT2D eigenvalue weighted by Crippen LogP contribution is 2.53. The second kappa shape index (κ2) is 9.47. The number of nitrogens with zero attached hydrogens (tertiary/aromatic N) is 2. The molecule has 2 rings (SSSR count). The molecule has 4 nitrogen and oxygen atoms in total. The molecular formula is C22H34FN3O. The summed E-state index contributed by atoms with van der Waals surface area (Å²) in [5.41, 5.74) is 3.51. The van der Waals surface area contributed by atoms with Gasteiger partial charge in [-0.1, -0.05) is 19.6 Å². The summed E-state index contributed by atoms with van der Waals surface area (Å²) >= 11 is 0. The molecule has 1 aliphatic carbocycles. The summed E-state index contributed by atoms with van der Waals surface area (Å²) in [4.78, 5) is 6.42. The maximum Gasteiger partial charge on any atom is 0.183 e. The van der Waals surface area contributed by atoms with E-state index in [0.717, 1.165) is 38.0 Å². The summed E-state index contributed by atoms with van der Waals surface area (Å²) in [5.74, 6) is -0.154. The molecule has 0 aromatic carbocycles. The molecule has 150 valence electrons. The maximum absolute atomic E-state index is 13.7. The molecule has 1 saturated carbocycles. The van der Waals surface area contributed by atoms with E-state index in [1.807, 2.05) is 6.92 Å². The molecule has 1 N–H and O–H groups in total. The van der Waals surface area contributed by atoms with Gasteiger partial charge in [-0.2, -0.15) is 0 Å². The normalized spacial score (nSPS) is 17.1. The molecule has 0 amide bonds. The minimum absolute atomic E-state index is 0.0162. The fourth-order valence-electron chi connectivity index (χ4n) is 3.34. The average Bonchev–Trinajstić information content (AvgIpc) is 3.41. The first-order chi connectivity index (χ1) is 12.8. The lowest BCUT2D eigenvalue weighted by Gasteiger charge is -2.25. The summed E-state index contributed by atoms with van der Waals surface area (Å²) in [7, 11) is 4.18. The second-order valence-electron chi connectivity index (χ2n) is 7.71. The Labute approximate surface area is 163 Å². The molecular weight excluding hydrogens is 341 g/mol. The standard InChI is InChI=1S/C22H34FN3O/c1-7-9-18(14-26(5)6)16(3)22(10-11-22)15-25-17(4)20-12-21(27-8-2)19(23)13-24-20/h9,12-13,17,25H,3,7-8,10-11,14-15H2,1-2,4-6H3/b18-9-/t17-/m1/s1. The molecule has 1 fully saturated rings. The highest BCUT2D eigenvalue weighted by Gasteiger charge is 2.45. The lowest BCUT2D eigenvalue weighted by molar-refractivity contribution is 0.319. The van der Waals surface area contributed by atoms with Gasteiger partial charge < -0.3 is 15.0 Å². The van der Waals surface area contributed by atoms with Crippen molar-refractivity contribution < 1.29 is 9.13 Å². The van der Waals surface area contributed by atoms with E-state index in [-0.39, 0.29) is 17.2 Å². The van der Waals surface area contributed by atoms with E-state index in [1.165, 1.54) is 17.3 Å². The Hall–Kier alpha value is -1.72. The van der Waals surface area contributed by atoms with Crippen LogP contribution in [0.2, 0.25) is 0 Å². The van der Waals surface area contributed by atoms with Crippen LogP contribution in [0, 0.1) is 11.2 Å². The van der Waals surface area contributed by atoms with Gasteiger partial charge in [-0.05, 0) is 58.4 Å². The first kappa shape index (κ1) is 21.6. The first-order valence-electron chi connectivity index (χ1n) is 9.88. The number of pyridine rings is 1. The molecule has 0 bridgehead atoms. The molecule has 1 aromatic heterocycles. The van der Waals surface area contributed by atoms with Crippen LogP contribution < -0.4 is 10.1 Å². The average molecular weight is 376 g/mol. The largest absolute Gasteiger partial charge is 0.491 e. The summed E-state index contributed by atoms with van der Waals surface area (Å²) in [6.45, 7) is 12.7. The van der Waals surface area contributed by atoms with Crippen molar-refractivity contribution in [3.05, 3.63) is 47.6 Å². The minimum Gasteiger partial charge on any atom is -0.491 e. The summed E-state index contributed by atoms with van der Waals surface area (Å²) in [6.07, 6.45) is 6.86. The van der Waals surface area contributed by atoms with Crippen molar-refractivity contribution in [3.8, 4) is 5.75 Å². The smallest absolute Gasteiger partial charge is 0.183 e. The van der Waals surface area contributed by atoms with Gasteiger partial charge in [0.1, 0.15) is 0 Å². The van der Waals surface area contributed by atoms with Crippen molar-refractivity contribution in [1.82, 2.24) is 15.2 Å². The van der Waals surface area contributed by atoms with E-state index in [9.17, 15) is 4.39 Å². The molecule has 1 heterocycles. The number of aromatic nitrogens is 1. The van der Waals surface area contributed by atoms with E-state index < -0.39 is 5.82 Å². The first-order valence-corrected chi connectivity index (χ1v) is 9.88. The number of likely N-dealkylation sites (N-methyl/N-ethyl adjacent to an activating group) is 1. The van der Waals surface area contributed by atoms with Crippen LogP contribution in [0.3, 0.4) is 0 Å². The van der Waals surface area contributed by atoms with Crippen LogP contribution in [-0.4, -0.2) is 43.7 Å². The van der Waals surface area contributed by atoms with Gasteiger partial charge in [-0.25, -0.2) is 4.39 Å². The molecule has 0 spiro atoms. The Balaban J connectivity index is 2.03. The van der Waals surface area contributed by atoms with Gasteiger partial charge in [0.15, 0.2) is 11.6 Å². The highest BCUT2D eigenvalue weighted by atomic mass is 19.1. The Bertz CT molecular complexity index is 680. The third-order valence-electron chi connectivity index (χ3n) is 5.15.